The maximum absolute atomic E-state index is 3.56. The SMILES string of the molecule is CCCC(C)(CNCC)CN(Cc1ccccc1)C(C)C. The second kappa shape index (κ2) is 9.22. The Morgan fingerprint density at radius 2 is 1.81 bits per heavy atom. The van der Waals surface area contributed by atoms with Crippen LogP contribution in [0.2, 0.25) is 0 Å². The highest BCUT2D eigenvalue weighted by atomic mass is 15.2. The van der Waals surface area contributed by atoms with Gasteiger partial charge >= 0.3 is 0 Å². The highest BCUT2D eigenvalue weighted by molar-refractivity contribution is 5.14. The predicted octanol–water partition coefficient (Wildman–Crippen LogP) is 4.31. The molecule has 0 aliphatic heterocycles. The third-order valence-corrected chi connectivity index (χ3v) is 4.20. The van der Waals surface area contributed by atoms with E-state index in [4.69, 9.17) is 0 Å². The van der Waals surface area contributed by atoms with Crippen LogP contribution in [0.1, 0.15) is 53.0 Å². The lowest BCUT2D eigenvalue weighted by molar-refractivity contribution is 0.116. The maximum Gasteiger partial charge on any atom is 0.0236 e. The van der Waals surface area contributed by atoms with Gasteiger partial charge < -0.3 is 5.32 Å². The number of nitrogens with zero attached hydrogens (tertiary/aromatic N) is 1. The molecule has 2 heteroatoms. The van der Waals surface area contributed by atoms with Gasteiger partial charge in [0.15, 0.2) is 0 Å². The molecule has 0 saturated heterocycles. The first-order valence-corrected chi connectivity index (χ1v) is 8.49. The Kier molecular flexibility index (Phi) is 7.98. The van der Waals surface area contributed by atoms with Gasteiger partial charge in [-0.05, 0) is 37.8 Å². The molecule has 1 N–H and O–H groups in total. The lowest BCUT2D eigenvalue weighted by atomic mass is 9.84. The summed E-state index contributed by atoms with van der Waals surface area (Å²) >= 11 is 0. The zero-order chi connectivity index (χ0) is 15.7. The lowest BCUT2D eigenvalue weighted by Gasteiger charge is -2.38. The molecule has 0 aliphatic carbocycles. The number of rotatable bonds is 10. The van der Waals surface area contributed by atoms with Crippen molar-refractivity contribution in [2.75, 3.05) is 19.6 Å². The molecule has 0 spiro atoms. The molecule has 0 saturated carbocycles. The van der Waals surface area contributed by atoms with Crippen LogP contribution in [0.5, 0.6) is 0 Å². The fraction of sp³-hybridized carbons (Fsp3) is 0.684. The molecule has 21 heavy (non-hydrogen) atoms. The first-order chi connectivity index (χ1) is 10.0. The van der Waals surface area contributed by atoms with E-state index in [1.165, 1.54) is 18.4 Å². The summed E-state index contributed by atoms with van der Waals surface area (Å²) in [6.07, 6.45) is 2.52. The average molecular weight is 290 g/mol. The van der Waals surface area contributed by atoms with Crippen LogP contribution in [0.3, 0.4) is 0 Å². The minimum atomic E-state index is 0.351. The van der Waals surface area contributed by atoms with Crippen LogP contribution in [0, 0.1) is 5.41 Å². The van der Waals surface area contributed by atoms with Crippen molar-refractivity contribution in [1.82, 2.24) is 10.2 Å². The van der Waals surface area contributed by atoms with Crippen LogP contribution in [-0.4, -0.2) is 30.6 Å². The molecule has 1 aromatic carbocycles. The normalized spacial score (nSPS) is 14.6. The molecule has 1 aromatic rings. The van der Waals surface area contributed by atoms with Gasteiger partial charge in [0.25, 0.3) is 0 Å². The van der Waals surface area contributed by atoms with E-state index in [1.54, 1.807) is 0 Å². The summed E-state index contributed by atoms with van der Waals surface area (Å²) in [7, 11) is 0. The van der Waals surface area contributed by atoms with Crippen LogP contribution in [0.4, 0.5) is 0 Å². The lowest BCUT2D eigenvalue weighted by Crippen LogP contribution is -2.44. The van der Waals surface area contributed by atoms with E-state index < -0.39 is 0 Å². The highest BCUT2D eigenvalue weighted by Crippen LogP contribution is 2.26. The monoisotopic (exact) mass is 290 g/mol. The van der Waals surface area contributed by atoms with E-state index in [9.17, 15) is 0 Å². The minimum Gasteiger partial charge on any atom is -0.316 e. The highest BCUT2D eigenvalue weighted by Gasteiger charge is 2.27. The summed E-state index contributed by atoms with van der Waals surface area (Å²) < 4.78 is 0. The van der Waals surface area contributed by atoms with E-state index in [2.05, 4.69) is 75.2 Å². The van der Waals surface area contributed by atoms with Crippen molar-refractivity contribution in [1.29, 1.82) is 0 Å². The smallest absolute Gasteiger partial charge is 0.0236 e. The van der Waals surface area contributed by atoms with Crippen molar-refractivity contribution >= 4 is 0 Å². The molecule has 0 heterocycles. The Morgan fingerprint density at radius 3 is 2.33 bits per heavy atom. The number of nitrogens with one attached hydrogen (secondary N) is 1. The van der Waals surface area contributed by atoms with Gasteiger partial charge in [0.2, 0.25) is 0 Å². The Hall–Kier alpha value is -0.860. The van der Waals surface area contributed by atoms with Gasteiger partial charge in [-0.3, -0.25) is 4.90 Å². The van der Waals surface area contributed by atoms with E-state index in [1.807, 2.05) is 0 Å². The van der Waals surface area contributed by atoms with Crippen LogP contribution in [0.25, 0.3) is 0 Å². The Bertz CT molecular complexity index is 374. The van der Waals surface area contributed by atoms with Gasteiger partial charge in [0.05, 0.1) is 0 Å². The third-order valence-electron chi connectivity index (χ3n) is 4.20. The first-order valence-electron chi connectivity index (χ1n) is 8.49. The number of benzene rings is 1. The molecule has 0 radical (unpaired) electrons. The molecule has 120 valence electrons. The summed E-state index contributed by atoms with van der Waals surface area (Å²) in [5, 5.41) is 3.56. The van der Waals surface area contributed by atoms with E-state index in [0.29, 0.717) is 11.5 Å². The summed E-state index contributed by atoms with van der Waals surface area (Å²) in [5.41, 5.74) is 1.76. The summed E-state index contributed by atoms with van der Waals surface area (Å²) in [5.74, 6) is 0. The predicted molar refractivity (Wildman–Crippen MR) is 93.5 cm³/mol. The Morgan fingerprint density at radius 1 is 1.14 bits per heavy atom. The summed E-state index contributed by atoms with van der Waals surface area (Å²) in [6.45, 7) is 15.9. The maximum atomic E-state index is 3.56. The van der Waals surface area contributed by atoms with E-state index >= 15 is 0 Å². The second-order valence-corrected chi connectivity index (χ2v) is 6.83. The quantitative estimate of drug-likeness (QED) is 0.690. The topological polar surface area (TPSA) is 15.3 Å². The number of hydrogen-bond donors (Lipinski definition) is 1. The van der Waals surface area contributed by atoms with Crippen molar-refractivity contribution in [2.45, 2.75) is 60.0 Å². The zero-order valence-electron chi connectivity index (χ0n) is 14.7. The van der Waals surface area contributed by atoms with Gasteiger partial charge in [0.1, 0.15) is 0 Å². The molecule has 0 amide bonds. The molecule has 0 fully saturated rings. The van der Waals surface area contributed by atoms with E-state index in [0.717, 1.165) is 26.2 Å². The largest absolute Gasteiger partial charge is 0.316 e. The van der Waals surface area contributed by atoms with Crippen LogP contribution in [0.15, 0.2) is 30.3 Å². The van der Waals surface area contributed by atoms with Gasteiger partial charge in [-0.1, -0.05) is 57.5 Å². The minimum absolute atomic E-state index is 0.351. The molecule has 1 rings (SSSR count). The van der Waals surface area contributed by atoms with Crippen molar-refractivity contribution in [3.8, 4) is 0 Å². The molecule has 1 atom stereocenters. The van der Waals surface area contributed by atoms with Crippen molar-refractivity contribution < 1.29 is 0 Å². The van der Waals surface area contributed by atoms with Crippen molar-refractivity contribution in [2.24, 2.45) is 5.41 Å². The number of hydrogen-bond acceptors (Lipinski definition) is 2. The molecule has 0 aromatic heterocycles. The zero-order valence-corrected chi connectivity index (χ0v) is 14.7. The Labute approximate surface area is 131 Å². The molecule has 2 nitrogen and oxygen atoms in total. The Balaban J connectivity index is 2.74. The second-order valence-electron chi connectivity index (χ2n) is 6.83. The standard InChI is InChI=1S/C19H34N2/c1-6-13-19(5,15-20-7-2)16-21(17(3)4)14-18-11-9-8-10-12-18/h8-12,17,20H,6-7,13-16H2,1-5H3. The van der Waals surface area contributed by atoms with Gasteiger partial charge in [-0.2, -0.15) is 0 Å². The summed E-state index contributed by atoms with van der Waals surface area (Å²) in [6, 6.07) is 11.4. The van der Waals surface area contributed by atoms with Crippen LogP contribution >= 0.6 is 0 Å². The molecule has 0 bridgehead atoms. The van der Waals surface area contributed by atoms with Crippen molar-refractivity contribution in [3.63, 3.8) is 0 Å². The van der Waals surface area contributed by atoms with E-state index in [-0.39, 0.29) is 0 Å². The van der Waals surface area contributed by atoms with Crippen LogP contribution < -0.4 is 5.32 Å². The van der Waals surface area contributed by atoms with Crippen LogP contribution in [-0.2, 0) is 6.54 Å². The molecule has 1 unspecified atom stereocenters. The molecular weight excluding hydrogens is 256 g/mol. The van der Waals surface area contributed by atoms with Gasteiger partial charge in [-0.25, -0.2) is 0 Å². The average Bonchev–Trinajstić information content (AvgIpc) is 2.46. The van der Waals surface area contributed by atoms with Gasteiger partial charge in [0, 0.05) is 25.7 Å². The fourth-order valence-corrected chi connectivity index (χ4v) is 2.98. The van der Waals surface area contributed by atoms with Crippen molar-refractivity contribution in [3.05, 3.63) is 35.9 Å². The fourth-order valence-electron chi connectivity index (χ4n) is 2.98. The summed E-state index contributed by atoms with van der Waals surface area (Å²) in [4.78, 5) is 2.61. The molecular formula is C19H34N2. The third kappa shape index (κ3) is 6.62. The van der Waals surface area contributed by atoms with Gasteiger partial charge in [-0.15, -0.1) is 0 Å². The molecule has 0 aliphatic rings. The first kappa shape index (κ1) is 18.2.